The smallest absolute Gasteiger partial charge is 0.260 e. The molecule has 1 heterocycles. The minimum Gasteiger partial charge on any atom is -0.484 e. The lowest BCUT2D eigenvalue weighted by atomic mass is 9.97. The summed E-state index contributed by atoms with van der Waals surface area (Å²) < 4.78 is 5.53. The first-order valence-corrected chi connectivity index (χ1v) is 7.76. The Balaban J connectivity index is 0.00000264. The number of hydrogen-bond donors (Lipinski definition) is 1. The predicted octanol–water partition coefficient (Wildman–Crippen LogP) is 2.15. The molecule has 1 N–H and O–H groups in total. The lowest BCUT2D eigenvalue weighted by Gasteiger charge is -2.31. The number of hydrogen-bond acceptors (Lipinski definition) is 4. The highest BCUT2D eigenvalue weighted by Crippen LogP contribution is 2.17. The Labute approximate surface area is 143 Å². The van der Waals surface area contributed by atoms with Gasteiger partial charge in [-0.25, -0.2) is 0 Å². The van der Waals surface area contributed by atoms with Crippen LogP contribution in [0, 0.1) is 5.92 Å². The number of ketones is 1. The molecule has 1 amide bonds. The molecule has 1 aliphatic heterocycles. The molecular formula is C17H25ClN2O3. The Hall–Kier alpha value is -1.59. The summed E-state index contributed by atoms with van der Waals surface area (Å²) in [6, 6.07) is 6.94. The first-order chi connectivity index (χ1) is 10.6. The Kier molecular flexibility index (Phi) is 8.06. The van der Waals surface area contributed by atoms with Crippen molar-refractivity contribution in [2.24, 2.45) is 5.92 Å². The maximum Gasteiger partial charge on any atom is 0.260 e. The minimum atomic E-state index is -0.0108. The zero-order chi connectivity index (χ0) is 15.9. The molecule has 2 rings (SSSR count). The topological polar surface area (TPSA) is 58.6 Å². The molecule has 1 aromatic rings. The van der Waals surface area contributed by atoms with E-state index in [0.717, 1.165) is 32.5 Å². The average Bonchev–Trinajstić information content (AvgIpc) is 2.54. The number of nitrogens with zero attached hydrogens (tertiary/aromatic N) is 1. The first-order valence-electron chi connectivity index (χ1n) is 7.76. The van der Waals surface area contributed by atoms with Gasteiger partial charge in [0.1, 0.15) is 5.75 Å². The second kappa shape index (κ2) is 9.53. The van der Waals surface area contributed by atoms with Gasteiger partial charge in [0.2, 0.25) is 0 Å². The van der Waals surface area contributed by atoms with Crippen molar-refractivity contribution in [3.8, 4) is 5.75 Å². The summed E-state index contributed by atoms with van der Waals surface area (Å²) in [5.41, 5.74) is 0.595. The third kappa shape index (κ3) is 5.84. The fourth-order valence-corrected chi connectivity index (χ4v) is 2.72. The molecule has 0 unspecified atom stereocenters. The number of amides is 1. The van der Waals surface area contributed by atoms with E-state index in [-0.39, 0.29) is 30.7 Å². The van der Waals surface area contributed by atoms with Crippen LogP contribution in [0.25, 0.3) is 0 Å². The fourth-order valence-electron chi connectivity index (χ4n) is 2.72. The summed E-state index contributed by atoms with van der Waals surface area (Å²) in [6.07, 6.45) is 2.07. The largest absolute Gasteiger partial charge is 0.484 e. The van der Waals surface area contributed by atoms with Gasteiger partial charge in [0.05, 0.1) is 0 Å². The molecular weight excluding hydrogens is 316 g/mol. The minimum absolute atomic E-state index is 0. The Morgan fingerprint density at radius 1 is 1.30 bits per heavy atom. The summed E-state index contributed by atoms with van der Waals surface area (Å²) in [7, 11) is 1.96. The maximum atomic E-state index is 12.2. The van der Waals surface area contributed by atoms with E-state index in [1.54, 1.807) is 24.3 Å². The summed E-state index contributed by atoms with van der Waals surface area (Å²) in [5, 5.41) is 3.19. The fraction of sp³-hybridized carbons (Fsp3) is 0.529. The molecule has 0 saturated carbocycles. The molecule has 6 heteroatoms. The Morgan fingerprint density at radius 3 is 2.61 bits per heavy atom. The molecule has 1 aliphatic rings. The number of carbonyl (C=O) groups excluding carboxylic acids is 2. The number of nitrogens with one attached hydrogen (secondary N) is 1. The number of halogens is 1. The van der Waals surface area contributed by atoms with E-state index < -0.39 is 0 Å². The van der Waals surface area contributed by atoms with Crippen LogP contribution in [0.3, 0.4) is 0 Å². The molecule has 0 aliphatic carbocycles. The van der Waals surface area contributed by atoms with Gasteiger partial charge in [-0.2, -0.15) is 0 Å². The van der Waals surface area contributed by atoms with Crippen LogP contribution in [0.1, 0.15) is 30.1 Å². The zero-order valence-electron chi connectivity index (χ0n) is 13.7. The zero-order valence-corrected chi connectivity index (χ0v) is 14.5. The van der Waals surface area contributed by atoms with E-state index in [2.05, 4.69) is 5.32 Å². The van der Waals surface area contributed by atoms with Crippen molar-refractivity contribution >= 4 is 24.1 Å². The molecule has 1 saturated heterocycles. The summed E-state index contributed by atoms with van der Waals surface area (Å²) in [5.74, 6) is 1.22. The van der Waals surface area contributed by atoms with Crippen LogP contribution in [0.15, 0.2) is 24.3 Å². The average molecular weight is 341 g/mol. The molecule has 0 radical (unpaired) electrons. The molecule has 23 heavy (non-hydrogen) atoms. The number of Topliss-reactive ketones (excluding diaryl/α,β-unsaturated/α-hetero) is 1. The van der Waals surface area contributed by atoms with Crippen molar-refractivity contribution < 1.29 is 14.3 Å². The molecule has 0 spiro atoms. The first kappa shape index (κ1) is 19.5. The second-order valence-electron chi connectivity index (χ2n) is 5.75. The van der Waals surface area contributed by atoms with E-state index in [9.17, 15) is 9.59 Å². The van der Waals surface area contributed by atoms with Crippen molar-refractivity contribution in [2.45, 2.75) is 19.8 Å². The molecule has 0 atom stereocenters. The number of carbonyl (C=O) groups is 2. The van der Waals surface area contributed by atoms with Gasteiger partial charge in [0.15, 0.2) is 12.4 Å². The molecule has 128 valence electrons. The number of benzene rings is 1. The Bertz CT molecular complexity index is 528. The van der Waals surface area contributed by atoms with Crippen LogP contribution in [0.2, 0.25) is 0 Å². The maximum absolute atomic E-state index is 12.2. The van der Waals surface area contributed by atoms with E-state index in [1.807, 2.05) is 11.9 Å². The third-order valence-corrected chi connectivity index (χ3v) is 4.06. The molecule has 1 aromatic carbocycles. The van der Waals surface area contributed by atoms with E-state index >= 15 is 0 Å². The highest BCUT2D eigenvalue weighted by atomic mass is 35.5. The van der Waals surface area contributed by atoms with Gasteiger partial charge in [-0.05, 0) is 51.4 Å². The number of likely N-dealkylation sites (tertiary alicyclic amines) is 1. The van der Waals surface area contributed by atoms with Crippen LogP contribution < -0.4 is 10.1 Å². The van der Waals surface area contributed by atoms with Crippen molar-refractivity contribution in [3.05, 3.63) is 29.8 Å². The molecule has 0 bridgehead atoms. The van der Waals surface area contributed by atoms with Crippen molar-refractivity contribution in [1.29, 1.82) is 0 Å². The highest BCUT2D eigenvalue weighted by molar-refractivity contribution is 5.94. The van der Waals surface area contributed by atoms with Crippen LogP contribution in [-0.2, 0) is 4.79 Å². The summed E-state index contributed by atoms with van der Waals surface area (Å²) in [4.78, 5) is 25.4. The van der Waals surface area contributed by atoms with Crippen LogP contribution in [0.4, 0.5) is 0 Å². The van der Waals surface area contributed by atoms with Gasteiger partial charge >= 0.3 is 0 Å². The molecule has 5 nitrogen and oxygen atoms in total. The van der Waals surface area contributed by atoms with E-state index in [0.29, 0.717) is 17.2 Å². The van der Waals surface area contributed by atoms with Gasteiger partial charge in [-0.3, -0.25) is 9.59 Å². The predicted molar refractivity (Wildman–Crippen MR) is 92.4 cm³/mol. The van der Waals surface area contributed by atoms with Crippen molar-refractivity contribution in [1.82, 2.24) is 10.2 Å². The van der Waals surface area contributed by atoms with Crippen molar-refractivity contribution in [2.75, 3.05) is 33.3 Å². The normalized spacial score (nSPS) is 15.0. The summed E-state index contributed by atoms with van der Waals surface area (Å²) >= 11 is 0. The summed E-state index contributed by atoms with van der Waals surface area (Å²) in [6.45, 7) is 4.14. The van der Waals surface area contributed by atoms with Gasteiger partial charge in [-0.1, -0.05) is 12.1 Å². The van der Waals surface area contributed by atoms with Crippen molar-refractivity contribution in [3.63, 3.8) is 0 Å². The van der Waals surface area contributed by atoms with E-state index in [1.165, 1.54) is 6.92 Å². The Morgan fingerprint density at radius 2 is 2.00 bits per heavy atom. The van der Waals surface area contributed by atoms with Crippen LogP contribution in [-0.4, -0.2) is 49.9 Å². The monoisotopic (exact) mass is 340 g/mol. The number of rotatable bonds is 6. The highest BCUT2D eigenvalue weighted by Gasteiger charge is 2.22. The standard InChI is InChI=1S/C17H24N2O3.ClH/c1-13(20)15-4-3-5-16(10-15)22-12-17(21)19-8-6-14(7-9-19)11-18-2;/h3-5,10,14,18H,6-9,11-12H2,1-2H3;1H. The number of ether oxygens (including phenoxy) is 1. The quantitative estimate of drug-likeness (QED) is 0.806. The van der Waals surface area contributed by atoms with Crippen LogP contribution in [0.5, 0.6) is 5.75 Å². The molecule has 0 aromatic heterocycles. The second-order valence-corrected chi connectivity index (χ2v) is 5.75. The van der Waals surface area contributed by atoms with Gasteiger partial charge in [0, 0.05) is 18.7 Å². The van der Waals surface area contributed by atoms with Gasteiger partial charge < -0.3 is 15.0 Å². The van der Waals surface area contributed by atoms with Gasteiger partial charge in [0.25, 0.3) is 5.91 Å². The SMILES string of the molecule is CNCC1CCN(C(=O)COc2cccc(C(C)=O)c2)CC1.Cl. The lowest BCUT2D eigenvalue weighted by molar-refractivity contribution is -0.134. The third-order valence-electron chi connectivity index (χ3n) is 4.06. The van der Waals surface area contributed by atoms with Crippen LogP contribution >= 0.6 is 12.4 Å². The lowest BCUT2D eigenvalue weighted by Crippen LogP contribution is -2.42. The van der Waals surface area contributed by atoms with E-state index in [4.69, 9.17) is 4.74 Å². The number of piperidine rings is 1. The van der Waals surface area contributed by atoms with Gasteiger partial charge in [-0.15, -0.1) is 12.4 Å². The molecule has 1 fully saturated rings.